The molecule has 1 aromatic heterocycles. The fraction of sp³-hybridized carbons (Fsp3) is 0.269. The van der Waals surface area contributed by atoms with Crippen molar-refractivity contribution in [3.05, 3.63) is 93.7 Å². The number of hydrogen-bond acceptors (Lipinski definition) is 4. The van der Waals surface area contributed by atoms with Crippen molar-refractivity contribution in [2.24, 2.45) is 5.92 Å². The van der Waals surface area contributed by atoms with Crippen LogP contribution in [-0.2, 0) is 13.1 Å². The van der Waals surface area contributed by atoms with Crippen LogP contribution in [0.5, 0.6) is 0 Å². The highest BCUT2D eigenvalue weighted by atomic mass is 19.1. The monoisotopic (exact) mass is 457 g/mol. The van der Waals surface area contributed by atoms with Crippen LogP contribution in [0.2, 0.25) is 0 Å². The lowest BCUT2D eigenvalue weighted by molar-refractivity contribution is 0.114. The van der Waals surface area contributed by atoms with Crippen LogP contribution in [0, 0.1) is 23.1 Å². The summed E-state index contributed by atoms with van der Waals surface area (Å²) >= 11 is 0. The third-order valence-corrected chi connectivity index (χ3v) is 6.50. The van der Waals surface area contributed by atoms with Gasteiger partial charge in [-0.05, 0) is 60.4 Å². The van der Waals surface area contributed by atoms with Gasteiger partial charge in [0.15, 0.2) is 0 Å². The van der Waals surface area contributed by atoms with E-state index < -0.39 is 6.03 Å². The van der Waals surface area contributed by atoms with Gasteiger partial charge in [-0.3, -0.25) is 9.69 Å². The molecule has 3 heterocycles. The van der Waals surface area contributed by atoms with Gasteiger partial charge in [0.2, 0.25) is 0 Å². The van der Waals surface area contributed by atoms with Crippen LogP contribution in [0.25, 0.3) is 0 Å². The number of pyridine rings is 1. The number of fused-ring (bicyclic) bond motifs is 4. The summed E-state index contributed by atoms with van der Waals surface area (Å²) in [5.74, 6) is 0.334. The summed E-state index contributed by atoms with van der Waals surface area (Å²) in [6.45, 7) is 3.05. The molecular formula is C26H24FN5O2. The molecule has 0 spiro atoms. The summed E-state index contributed by atoms with van der Waals surface area (Å²) in [7, 11) is 0. The van der Waals surface area contributed by atoms with Crippen molar-refractivity contribution in [1.29, 1.82) is 5.26 Å². The number of halogens is 1. The lowest BCUT2D eigenvalue weighted by Crippen LogP contribution is -2.47. The Kier molecular flexibility index (Phi) is 5.86. The van der Waals surface area contributed by atoms with Crippen molar-refractivity contribution in [2.45, 2.75) is 25.4 Å². The fourth-order valence-electron chi connectivity index (χ4n) is 5.07. The molecular weight excluding hydrogens is 433 g/mol. The Labute approximate surface area is 196 Å². The van der Waals surface area contributed by atoms with E-state index in [1.807, 2.05) is 24.3 Å². The first-order valence-electron chi connectivity index (χ1n) is 11.3. The largest absolute Gasteiger partial charge is 0.323 e. The molecule has 8 heteroatoms. The molecule has 2 bridgehead atoms. The number of likely N-dealkylation sites (tertiary alicyclic amines) is 1. The summed E-state index contributed by atoms with van der Waals surface area (Å²) in [6.07, 6.45) is 1.03. The Bertz CT molecular complexity index is 1330. The van der Waals surface area contributed by atoms with Crippen LogP contribution < -0.4 is 16.2 Å². The quantitative estimate of drug-likeness (QED) is 0.617. The third-order valence-electron chi connectivity index (χ3n) is 6.50. The Morgan fingerprint density at radius 2 is 1.88 bits per heavy atom. The number of benzene rings is 2. The van der Waals surface area contributed by atoms with E-state index in [0.717, 1.165) is 37.3 Å². The number of piperidine rings is 1. The lowest BCUT2D eigenvalue weighted by atomic mass is 9.83. The van der Waals surface area contributed by atoms with Crippen molar-refractivity contribution in [1.82, 2.24) is 9.47 Å². The van der Waals surface area contributed by atoms with Crippen LogP contribution in [0.3, 0.4) is 0 Å². The molecule has 0 radical (unpaired) electrons. The Hall–Kier alpha value is -3.96. The predicted octanol–water partition coefficient (Wildman–Crippen LogP) is 4.12. The van der Waals surface area contributed by atoms with Crippen LogP contribution in [0.1, 0.15) is 29.2 Å². The number of amides is 2. The molecule has 2 aliphatic heterocycles. The molecule has 5 rings (SSSR count). The van der Waals surface area contributed by atoms with Crippen LogP contribution >= 0.6 is 0 Å². The van der Waals surface area contributed by atoms with Crippen molar-refractivity contribution in [2.75, 3.05) is 23.7 Å². The minimum Gasteiger partial charge on any atom is -0.310 e. The zero-order valence-corrected chi connectivity index (χ0v) is 18.5. The number of carbonyl (C=O) groups is 1. The molecule has 7 nitrogen and oxygen atoms in total. The fourth-order valence-corrected chi connectivity index (χ4v) is 5.07. The molecule has 2 aromatic carbocycles. The van der Waals surface area contributed by atoms with Crippen LogP contribution in [-0.4, -0.2) is 28.6 Å². The maximum Gasteiger partial charge on any atom is 0.323 e. The van der Waals surface area contributed by atoms with Crippen molar-refractivity contribution < 1.29 is 9.18 Å². The number of nitriles is 1. The number of carbonyl (C=O) groups excluding carboxylic acids is 1. The summed E-state index contributed by atoms with van der Waals surface area (Å²) in [4.78, 5) is 28.0. The number of urea groups is 1. The number of nitrogens with one attached hydrogen (secondary N) is 2. The van der Waals surface area contributed by atoms with Gasteiger partial charge >= 0.3 is 6.03 Å². The number of anilines is 2. The first kappa shape index (κ1) is 21.9. The molecule has 2 atom stereocenters. The predicted molar refractivity (Wildman–Crippen MR) is 127 cm³/mol. The van der Waals surface area contributed by atoms with Gasteiger partial charge in [0, 0.05) is 43.5 Å². The third kappa shape index (κ3) is 4.56. The second-order valence-corrected chi connectivity index (χ2v) is 8.98. The van der Waals surface area contributed by atoms with E-state index >= 15 is 0 Å². The standard InChI is InChI=1S/C26H24FN5O2/c27-21-6-4-17(5-7-21)13-31-14-19-10-20(16-31)24-9-8-23(25(33)32(24)15-19)30-26(34)29-22-3-1-2-18(11-22)12-28/h1-9,11,19-20H,10,13-16H2,(H2,29,30,34). The van der Waals surface area contributed by atoms with Crippen molar-refractivity contribution >= 4 is 17.4 Å². The molecule has 2 aliphatic rings. The van der Waals surface area contributed by atoms with Gasteiger partial charge in [0.25, 0.3) is 5.56 Å². The number of rotatable bonds is 4. The normalized spacial score (nSPS) is 19.1. The zero-order chi connectivity index (χ0) is 23.7. The minimum absolute atomic E-state index is 0.208. The number of nitrogens with zero attached hydrogens (tertiary/aromatic N) is 3. The van der Waals surface area contributed by atoms with Gasteiger partial charge in [0.1, 0.15) is 11.5 Å². The zero-order valence-electron chi connectivity index (χ0n) is 18.5. The first-order chi connectivity index (χ1) is 16.5. The van der Waals surface area contributed by atoms with E-state index in [9.17, 15) is 14.0 Å². The van der Waals surface area contributed by atoms with E-state index in [-0.39, 0.29) is 23.0 Å². The van der Waals surface area contributed by atoms with Gasteiger partial charge < -0.3 is 15.2 Å². The Morgan fingerprint density at radius 3 is 2.68 bits per heavy atom. The van der Waals surface area contributed by atoms with Gasteiger partial charge in [-0.15, -0.1) is 0 Å². The summed E-state index contributed by atoms with van der Waals surface area (Å²) in [5, 5.41) is 14.3. The van der Waals surface area contributed by atoms with E-state index in [1.54, 1.807) is 34.9 Å². The highest BCUT2D eigenvalue weighted by Gasteiger charge is 2.35. The maximum absolute atomic E-state index is 13.2. The molecule has 3 aromatic rings. The average molecular weight is 458 g/mol. The van der Waals surface area contributed by atoms with E-state index in [4.69, 9.17) is 5.26 Å². The summed E-state index contributed by atoms with van der Waals surface area (Å²) in [5.41, 5.74) is 2.99. The van der Waals surface area contributed by atoms with Crippen molar-refractivity contribution in [3.8, 4) is 6.07 Å². The Balaban J connectivity index is 1.29. The second-order valence-electron chi connectivity index (χ2n) is 8.98. The molecule has 1 saturated heterocycles. The Morgan fingerprint density at radius 1 is 1.06 bits per heavy atom. The molecule has 0 aliphatic carbocycles. The second kappa shape index (κ2) is 9.12. The molecule has 0 saturated carbocycles. The number of hydrogen-bond donors (Lipinski definition) is 2. The minimum atomic E-state index is -0.533. The van der Waals surface area contributed by atoms with Gasteiger partial charge in [-0.25, -0.2) is 9.18 Å². The SMILES string of the molecule is N#Cc1cccc(NC(=O)Nc2ccc3n(c2=O)CC2CC3CN(Cc3ccc(F)cc3)C2)c1. The highest BCUT2D eigenvalue weighted by Crippen LogP contribution is 2.36. The van der Waals surface area contributed by atoms with Crippen LogP contribution in [0.4, 0.5) is 20.6 Å². The lowest BCUT2D eigenvalue weighted by Gasteiger charge is -2.43. The van der Waals surface area contributed by atoms with E-state index in [2.05, 4.69) is 15.5 Å². The van der Waals surface area contributed by atoms with E-state index in [0.29, 0.717) is 23.7 Å². The first-order valence-corrected chi connectivity index (χ1v) is 11.3. The maximum atomic E-state index is 13.2. The number of aromatic nitrogens is 1. The summed E-state index contributed by atoms with van der Waals surface area (Å²) < 4.78 is 15.0. The topological polar surface area (TPSA) is 90.2 Å². The molecule has 1 fully saturated rings. The van der Waals surface area contributed by atoms with Gasteiger partial charge in [0.05, 0.1) is 11.6 Å². The smallest absolute Gasteiger partial charge is 0.310 e. The average Bonchev–Trinajstić information content (AvgIpc) is 2.83. The van der Waals surface area contributed by atoms with E-state index in [1.165, 1.54) is 12.1 Å². The van der Waals surface area contributed by atoms with Gasteiger partial charge in [-0.2, -0.15) is 5.26 Å². The molecule has 2 amide bonds. The summed E-state index contributed by atoms with van der Waals surface area (Å²) in [6, 6.07) is 18.3. The van der Waals surface area contributed by atoms with Gasteiger partial charge in [-0.1, -0.05) is 18.2 Å². The molecule has 2 unspecified atom stereocenters. The molecule has 34 heavy (non-hydrogen) atoms. The molecule has 172 valence electrons. The highest BCUT2D eigenvalue weighted by molar-refractivity contribution is 5.99. The van der Waals surface area contributed by atoms with Crippen LogP contribution in [0.15, 0.2) is 65.5 Å². The van der Waals surface area contributed by atoms with Crippen molar-refractivity contribution in [3.63, 3.8) is 0 Å². The molecule has 2 N–H and O–H groups in total.